The summed E-state index contributed by atoms with van der Waals surface area (Å²) in [5.41, 5.74) is 8.16. The van der Waals surface area contributed by atoms with Crippen LogP contribution in [0, 0.1) is 21.4 Å². The lowest BCUT2D eigenvalue weighted by molar-refractivity contribution is -0.384. The van der Waals surface area contributed by atoms with Gasteiger partial charge in [-0.1, -0.05) is 0 Å². The number of nitro benzene ring substituents is 1. The molecule has 0 spiro atoms. The largest absolute Gasteiger partial charge is 0.487 e. The molecular formula is C23H17Br2N3O5. The molecule has 1 aliphatic heterocycles. The van der Waals surface area contributed by atoms with Crippen molar-refractivity contribution in [2.75, 3.05) is 0 Å². The standard InChI is InChI=1S/C23H17Br2N3O5/c24-16-8-13(20-15(10-26)23(27)33-19-3-1-2-18(29)21(19)20)9-17(25)22(16)32-11-12-4-6-14(7-5-12)28(30)31/h4-9,20H,1-3,11,27H2/t20-/m1/s1. The summed E-state index contributed by atoms with van der Waals surface area (Å²) >= 11 is 7.04. The number of carbonyl (C=O) groups is 1. The molecule has 4 rings (SSSR count). The summed E-state index contributed by atoms with van der Waals surface area (Å²) in [6.45, 7) is 0.190. The Morgan fingerprint density at radius 2 is 1.88 bits per heavy atom. The van der Waals surface area contributed by atoms with E-state index in [-0.39, 0.29) is 29.5 Å². The normalized spacial score (nSPS) is 17.8. The average Bonchev–Trinajstić information content (AvgIpc) is 2.78. The van der Waals surface area contributed by atoms with Gasteiger partial charge in [-0.15, -0.1) is 0 Å². The molecule has 0 fully saturated rings. The van der Waals surface area contributed by atoms with Gasteiger partial charge >= 0.3 is 0 Å². The number of nitrogens with two attached hydrogens (primary N) is 1. The highest BCUT2D eigenvalue weighted by Crippen LogP contribution is 2.46. The first-order valence-electron chi connectivity index (χ1n) is 9.99. The fourth-order valence-electron chi connectivity index (χ4n) is 3.94. The van der Waals surface area contributed by atoms with Crippen LogP contribution in [0.25, 0.3) is 0 Å². The number of hydrogen-bond donors (Lipinski definition) is 1. The zero-order valence-electron chi connectivity index (χ0n) is 17.1. The molecule has 0 saturated heterocycles. The van der Waals surface area contributed by atoms with Crippen LogP contribution in [-0.2, 0) is 16.1 Å². The lowest BCUT2D eigenvalue weighted by Gasteiger charge is -2.31. The van der Waals surface area contributed by atoms with Crippen LogP contribution in [0.15, 0.2) is 68.1 Å². The molecule has 1 aliphatic carbocycles. The summed E-state index contributed by atoms with van der Waals surface area (Å²) < 4.78 is 12.8. The molecule has 0 aromatic heterocycles. The van der Waals surface area contributed by atoms with Crippen molar-refractivity contribution in [1.82, 2.24) is 0 Å². The molecule has 1 heterocycles. The lowest BCUT2D eigenvalue weighted by Crippen LogP contribution is -2.27. The summed E-state index contributed by atoms with van der Waals surface area (Å²) in [6.07, 6.45) is 1.67. The van der Waals surface area contributed by atoms with E-state index in [9.17, 15) is 20.2 Å². The molecular weight excluding hydrogens is 558 g/mol. The minimum absolute atomic E-state index is 0.00786. The maximum atomic E-state index is 12.7. The Morgan fingerprint density at radius 3 is 2.48 bits per heavy atom. The third kappa shape index (κ3) is 4.51. The number of nitriles is 1. The molecule has 168 valence electrons. The van der Waals surface area contributed by atoms with Gasteiger partial charge in [-0.05, 0) is 73.7 Å². The number of nitrogens with zero attached hydrogens (tertiary/aromatic N) is 2. The van der Waals surface area contributed by atoms with Gasteiger partial charge in [0.15, 0.2) is 5.78 Å². The fourth-order valence-corrected chi connectivity index (χ4v) is 5.39. The Hall–Kier alpha value is -3.16. The quantitative estimate of drug-likeness (QED) is 0.368. The number of non-ortho nitro benzene ring substituents is 1. The number of carbonyl (C=O) groups excluding carboxylic acids is 1. The molecule has 0 radical (unpaired) electrons. The first kappa shape index (κ1) is 23.0. The fraction of sp³-hybridized carbons (Fsp3) is 0.217. The van der Waals surface area contributed by atoms with Crippen molar-refractivity contribution in [2.45, 2.75) is 31.8 Å². The number of rotatable bonds is 5. The molecule has 0 amide bonds. The molecule has 1 atom stereocenters. The predicted octanol–water partition coefficient (Wildman–Crippen LogP) is 5.51. The van der Waals surface area contributed by atoms with E-state index in [1.54, 1.807) is 24.3 Å². The third-order valence-electron chi connectivity index (χ3n) is 5.49. The summed E-state index contributed by atoms with van der Waals surface area (Å²) in [5, 5.41) is 20.6. The summed E-state index contributed by atoms with van der Waals surface area (Å²) in [5.74, 6) is 0.388. The second-order valence-corrected chi connectivity index (χ2v) is 9.27. The highest BCUT2D eigenvalue weighted by atomic mass is 79.9. The number of benzene rings is 2. The number of allylic oxidation sites excluding steroid dienone is 3. The smallest absolute Gasteiger partial charge is 0.269 e. The first-order valence-corrected chi connectivity index (χ1v) is 11.6. The van der Waals surface area contributed by atoms with Crippen molar-refractivity contribution in [1.29, 1.82) is 5.26 Å². The summed E-state index contributed by atoms with van der Waals surface area (Å²) in [4.78, 5) is 23.1. The van der Waals surface area contributed by atoms with Crippen LogP contribution in [0.2, 0.25) is 0 Å². The molecule has 0 saturated carbocycles. The van der Waals surface area contributed by atoms with Crippen LogP contribution in [0.3, 0.4) is 0 Å². The Bertz CT molecular complexity index is 1240. The summed E-state index contributed by atoms with van der Waals surface area (Å²) in [6, 6.07) is 11.8. The molecule has 10 heteroatoms. The Balaban J connectivity index is 1.65. The van der Waals surface area contributed by atoms with E-state index in [4.69, 9.17) is 15.2 Å². The zero-order valence-corrected chi connectivity index (χ0v) is 20.3. The van der Waals surface area contributed by atoms with E-state index >= 15 is 0 Å². The molecule has 8 nitrogen and oxygen atoms in total. The van der Waals surface area contributed by atoms with Gasteiger partial charge in [0.25, 0.3) is 5.69 Å². The van der Waals surface area contributed by atoms with Gasteiger partial charge in [0, 0.05) is 30.5 Å². The van der Waals surface area contributed by atoms with Crippen molar-refractivity contribution in [3.05, 3.63) is 89.4 Å². The van der Waals surface area contributed by atoms with Crippen LogP contribution in [0.4, 0.5) is 5.69 Å². The number of ether oxygens (including phenoxy) is 2. The van der Waals surface area contributed by atoms with Crippen LogP contribution < -0.4 is 10.5 Å². The average molecular weight is 575 g/mol. The van der Waals surface area contributed by atoms with Gasteiger partial charge in [0.05, 0.1) is 19.8 Å². The van der Waals surface area contributed by atoms with Crippen molar-refractivity contribution < 1.29 is 19.2 Å². The summed E-state index contributed by atoms with van der Waals surface area (Å²) in [7, 11) is 0. The highest BCUT2D eigenvalue weighted by Gasteiger charge is 2.38. The van der Waals surface area contributed by atoms with Gasteiger partial charge < -0.3 is 15.2 Å². The van der Waals surface area contributed by atoms with E-state index in [0.29, 0.717) is 50.9 Å². The van der Waals surface area contributed by atoms with E-state index in [0.717, 1.165) is 5.56 Å². The van der Waals surface area contributed by atoms with Gasteiger partial charge in [-0.2, -0.15) is 5.26 Å². The van der Waals surface area contributed by atoms with Gasteiger partial charge in [-0.25, -0.2) is 0 Å². The van der Waals surface area contributed by atoms with E-state index in [1.165, 1.54) is 12.1 Å². The maximum Gasteiger partial charge on any atom is 0.269 e. The molecule has 33 heavy (non-hydrogen) atoms. The van der Waals surface area contributed by atoms with Crippen molar-refractivity contribution in [3.63, 3.8) is 0 Å². The Morgan fingerprint density at radius 1 is 1.21 bits per heavy atom. The second-order valence-electron chi connectivity index (χ2n) is 7.56. The SMILES string of the molecule is N#CC1=C(N)OC2=C(C(=O)CCC2)[C@@H]1c1cc(Br)c(OCc2ccc([N+](=O)[O-])cc2)c(Br)c1. The topological polar surface area (TPSA) is 128 Å². The molecule has 2 aromatic carbocycles. The lowest BCUT2D eigenvalue weighted by atomic mass is 9.77. The number of halogens is 2. The number of hydrogen-bond acceptors (Lipinski definition) is 7. The first-order chi connectivity index (χ1) is 15.8. The molecule has 2 aliphatic rings. The Labute approximate surface area is 206 Å². The predicted molar refractivity (Wildman–Crippen MR) is 126 cm³/mol. The number of Topliss-reactive ketones (excluding diaryl/α,β-unsaturated/α-hetero) is 1. The van der Waals surface area contributed by atoms with Crippen molar-refractivity contribution in [3.8, 4) is 11.8 Å². The van der Waals surface area contributed by atoms with Crippen LogP contribution in [0.1, 0.15) is 36.3 Å². The highest BCUT2D eigenvalue weighted by molar-refractivity contribution is 9.11. The number of nitro groups is 1. The van der Waals surface area contributed by atoms with Gasteiger partial charge in [-0.3, -0.25) is 14.9 Å². The zero-order chi connectivity index (χ0) is 23.7. The maximum absolute atomic E-state index is 12.7. The van der Waals surface area contributed by atoms with Gasteiger partial charge in [0.1, 0.15) is 29.8 Å². The van der Waals surface area contributed by atoms with E-state index in [2.05, 4.69) is 37.9 Å². The van der Waals surface area contributed by atoms with E-state index < -0.39 is 10.8 Å². The van der Waals surface area contributed by atoms with Crippen molar-refractivity contribution in [2.24, 2.45) is 5.73 Å². The second kappa shape index (κ2) is 9.37. The molecule has 0 bridgehead atoms. The third-order valence-corrected chi connectivity index (χ3v) is 6.67. The monoisotopic (exact) mass is 573 g/mol. The van der Waals surface area contributed by atoms with Gasteiger partial charge in [0.2, 0.25) is 5.88 Å². The Kier molecular flexibility index (Phi) is 6.54. The van der Waals surface area contributed by atoms with Crippen LogP contribution >= 0.6 is 31.9 Å². The van der Waals surface area contributed by atoms with Crippen molar-refractivity contribution >= 4 is 43.3 Å². The van der Waals surface area contributed by atoms with E-state index in [1.807, 2.05) is 0 Å². The van der Waals surface area contributed by atoms with Crippen LogP contribution in [-0.4, -0.2) is 10.7 Å². The minimum atomic E-state index is -0.622. The minimum Gasteiger partial charge on any atom is -0.487 e. The number of ketones is 1. The molecule has 2 aromatic rings. The molecule has 0 unspecified atom stereocenters. The molecule has 2 N–H and O–H groups in total. The van der Waals surface area contributed by atoms with Crippen LogP contribution in [0.5, 0.6) is 5.75 Å².